The molecule has 0 saturated heterocycles. The molecule has 4 nitrogen and oxygen atoms in total. The van der Waals surface area contributed by atoms with Crippen molar-refractivity contribution in [1.82, 2.24) is 0 Å². The van der Waals surface area contributed by atoms with Gasteiger partial charge >= 0.3 is 12.1 Å². The van der Waals surface area contributed by atoms with E-state index in [1.807, 2.05) is 0 Å². The van der Waals surface area contributed by atoms with Crippen molar-refractivity contribution < 1.29 is 32.9 Å². The van der Waals surface area contributed by atoms with E-state index in [1.165, 1.54) is 0 Å². The number of aliphatic hydroxyl groups is 1. The highest BCUT2D eigenvalue weighted by Crippen LogP contribution is 2.33. The first-order chi connectivity index (χ1) is 8.62. The Hall–Kier alpha value is -1.18. The third-order valence-corrected chi connectivity index (χ3v) is 2.50. The maximum Gasteiger partial charge on any atom is 0.417 e. The number of benzene rings is 1. The lowest BCUT2D eigenvalue weighted by Gasteiger charge is -2.17. The molecule has 1 atom stereocenters. The second-order valence-corrected chi connectivity index (χ2v) is 4.28. The van der Waals surface area contributed by atoms with Crippen LogP contribution in [0.1, 0.15) is 10.4 Å². The molecule has 0 aliphatic carbocycles. The van der Waals surface area contributed by atoms with Gasteiger partial charge in [-0.3, -0.25) is 0 Å². The van der Waals surface area contributed by atoms with Crippen molar-refractivity contribution in [3.63, 3.8) is 0 Å². The fraction of sp³-hybridized carbons (Fsp3) is 0.300. The molecule has 106 valence electrons. The zero-order chi connectivity index (χ0) is 14.8. The van der Waals surface area contributed by atoms with E-state index < -0.39 is 36.2 Å². The molecule has 0 bridgehead atoms. The number of carboxylic acids is 1. The fourth-order valence-corrected chi connectivity index (χ4v) is 1.67. The van der Waals surface area contributed by atoms with Gasteiger partial charge in [-0.25, -0.2) is 4.79 Å². The van der Waals surface area contributed by atoms with Crippen molar-refractivity contribution in [2.75, 3.05) is 6.61 Å². The highest BCUT2D eigenvalue weighted by atomic mass is 35.5. The van der Waals surface area contributed by atoms with Crippen LogP contribution >= 0.6 is 23.2 Å². The molecule has 19 heavy (non-hydrogen) atoms. The van der Waals surface area contributed by atoms with Crippen LogP contribution in [0.5, 0.6) is 5.75 Å². The van der Waals surface area contributed by atoms with Gasteiger partial charge in [0.1, 0.15) is 12.2 Å². The zero-order valence-electron chi connectivity index (χ0n) is 9.04. The van der Waals surface area contributed by atoms with Gasteiger partial charge in [0.2, 0.25) is 0 Å². The number of alkyl halides is 3. The lowest BCUT2D eigenvalue weighted by atomic mass is 10.2. The molecule has 0 aromatic heterocycles. The summed E-state index contributed by atoms with van der Waals surface area (Å²) in [5.74, 6) is -1.96. The minimum Gasteiger partial charge on any atom is -0.488 e. The van der Waals surface area contributed by atoms with E-state index in [1.54, 1.807) is 0 Å². The molecule has 0 radical (unpaired) electrons. The van der Waals surface area contributed by atoms with Crippen molar-refractivity contribution in [3.05, 3.63) is 27.7 Å². The summed E-state index contributed by atoms with van der Waals surface area (Å²) in [5, 5.41) is 17.3. The predicted molar refractivity (Wildman–Crippen MR) is 61.0 cm³/mol. The molecule has 0 heterocycles. The number of carbonyl (C=O) groups is 1. The van der Waals surface area contributed by atoms with Crippen LogP contribution in [-0.4, -0.2) is 35.1 Å². The number of aromatic carboxylic acids is 1. The second-order valence-electron chi connectivity index (χ2n) is 3.44. The van der Waals surface area contributed by atoms with Gasteiger partial charge in [0.15, 0.2) is 11.9 Å². The summed E-state index contributed by atoms with van der Waals surface area (Å²) >= 11 is 11.2. The van der Waals surface area contributed by atoms with Crippen molar-refractivity contribution in [3.8, 4) is 5.75 Å². The standard InChI is InChI=1S/C10H7Cl2F3O4/c11-4-1-5(9(17)18)8(6(12)2-4)19-3-7(16)10(13,14)15/h1-2,7,16H,3H2,(H,17,18). The van der Waals surface area contributed by atoms with E-state index in [9.17, 15) is 18.0 Å². The number of ether oxygens (including phenoxy) is 1. The first-order valence-electron chi connectivity index (χ1n) is 4.73. The predicted octanol–water partition coefficient (Wildman–Crippen LogP) is 2.99. The smallest absolute Gasteiger partial charge is 0.417 e. The van der Waals surface area contributed by atoms with Crippen LogP contribution < -0.4 is 4.74 Å². The highest BCUT2D eigenvalue weighted by molar-refractivity contribution is 6.36. The van der Waals surface area contributed by atoms with E-state index >= 15 is 0 Å². The van der Waals surface area contributed by atoms with Crippen molar-refractivity contribution in [1.29, 1.82) is 0 Å². The van der Waals surface area contributed by atoms with Crippen LogP contribution in [0.25, 0.3) is 0 Å². The van der Waals surface area contributed by atoms with Gasteiger partial charge in [-0.05, 0) is 12.1 Å². The number of carboxylic acid groups (broad SMARTS) is 1. The lowest BCUT2D eigenvalue weighted by Crippen LogP contribution is -2.34. The Morgan fingerprint density at radius 2 is 1.95 bits per heavy atom. The molecule has 0 aliphatic heterocycles. The highest BCUT2D eigenvalue weighted by Gasteiger charge is 2.39. The van der Waals surface area contributed by atoms with Crippen LogP contribution in [0.2, 0.25) is 10.0 Å². The Bertz CT molecular complexity index is 490. The monoisotopic (exact) mass is 318 g/mol. The molecule has 2 N–H and O–H groups in total. The summed E-state index contributed by atoms with van der Waals surface area (Å²) in [5.41, 5.74) is -0.494. The molecular formula is C10H7Cl2F3O4. The summed E-state index contributed by atoms with van der Waals surface area (Å²) in [6.45, 7) is -1.18. The molecule has 1 aromatic carbocycles. The van der Waals surface area contributed by atoms with Crippen LogP contribution in [-0.2, 0) is 0 Å². The van der Waals surface area contributed by atoms with Gasteiger partial charge in [-0.15, -0.1) is 0 Å². The van der Waals surface area contributed by atoms with Crippen molar-refractivity contribution in [2.45, 2.75) is 12.3 Å². The fourth-order valence-electron chi connectivity index (χ4n) is 1.12. The topological polar surface area (TPSA) is 66.8 Å². The van der Waals surface area contributed by atoms with Crippen molar-refractivity contribution in [2.24, 2.45) is 0 Å². The van der Waals surface area contributed by atoms with E-state index in [0.29, 0.717) is 0 Å². The first-order valence-corrected chi connectivity index (χ1v) is 5.48. The molecule has 0 amide bonds. The maximum atomic E-state index is 12.1. The zero-order valence-corrected chi connectivity index (χ0v) is 10.6. The molecular weight excluding hydrogens is 312 g/mol. The largest absolute Gasteiger partial charge is 0.488 e. The molecule has 0 fully saturated rings. The Morgan fingerprint density at radius 3 is 2.42 bits per heavy atom. The maximum absolute atomic E-state index is 12.1. The Kier molecular flexibility index (Phi) is 4.89. The normalized spacial score (nSPS) is 13.2. The Labute approximate surface area is 115 Å². The molecule has 0 saturated carbocycles. The molecule has 1 aromatic rings. The number of rotatable bonds is 4. The van der Waals surface area contributed by atoms with E-state index in [0.717, 1.165) is 12.1 Å². The van der Waals surface area contributed by atoms with Gasteiger partial charge in [0.25, 0.3) is 0 Å². The second kappa shape index (κ2) is 5.85. The minimum absolute atomic E-state index is 0.00822. The number of hydrogen-bond donors (Lipinski definition) is 2. The average molecular weight is 319 g/mol. The Morgan fingerprint density at radius 1 is 1.37 bits per heavy atom. The summed E-state index contributed by atoms with van der Waals surface area (Å²) in [6.07, 6.45) is -7.62. The molecule has 1 rings (SSSR count). The van der Waals surface area contributed by atoms with Crippen LogP contribution in [0.15, 0.2) is 12.1 Å². The van der Waals surface area contributed by atoms with Crippen LogP contribution in [0.3, 0.4) is 0 Å². The van der Waals surface area contributed by atoms with E-state index in [2.05, 4.69) is 4.74 Å². The number of halogens is 5. The SMILES string of the molecule is O=C(O)c1cc(Cl)cc(Cl)c1OCC(O)C(F)(F)F. The number of hydrogen-bond acceptors (Lipinski definition) is 3. The third-order valence-electron chi connectivity index (χ3n) is 2.00. The molecule has 0 spiro atoms. The lowest BCUT2D eigenvalue weighted by molar-refractivity contribution is -0.210. The molecule has 1 unspecified atom stereocenters. The van der Waals surface area contributed by atoms with E-state index in [-0.39, 0.29) is 10.0 Å². The van der Waals surface area contributed by atoms with Crippen molar-refractivity contribution >= 4 is 29.2 Å². The first kappa shape index (κ1) is 15.9. The number of aliphatic hydroxyl groups excluding tert-OH is 1. The molecule has 0 aliphatic rings. The summed E-state index contributed by atoms with van der Waals surface area (Å²) in [7, 11) is 0. The molecule has 9 heteroatoms. The Balaban J connectivity index is 2.98. The summed E-state index contributed by atoms with van der Waals surface area (Å²) in [6, 6.07) is 2.09. The van der Waals surface area contributed by atoms with E-state index in [4.69, 9.17) is 33.4 Å². The third kappa shape index (κ3) is 4.15. The van der Waals surface area contributed by atoms with Gasteiger partial charge in [-0.1, -0.05) is 23.2 Å². The van der Waals surface area contributed by atoms with Gasteiger partial charge in [0, 0.05) is 5.02 Å². The van der Waals surface area contributed by atoms with Gasteiger partial charge < -0.3 is 14.9 Å². The average Bonchev–Trinajstić information content (AvgIpc) is 2.24. The minimum atomic E-state index is -4.87. The van der Waals surface area contributed by atoms with Gasteiger partial charge in [0.05, 0.1) is 5.02 Å². The van der Waals surface area contributed by atoms with Gasteiger partial charge in [-0.2, -0.15) is 13.2 Å². The summed E-state index contributed by atoms with van der Waals surface area (Å²) < 4.78 is 40.9. The summed E-state index contributed by atoms with van der Waals surface area (Å²) in [4.78, 5) is 10.9. The quantitative estimate of drug-likeness (QED) is 0.895. The van der Waals surface area contributed by atoms with Crippen LogP contribution in [0.4, 0.5) is 13.2 Å². The van der Waals surface area contributed by atoms with Crippen LogP contribution in [0, 0.1) is 0 Å².